The van der Waals surface area contributed by atoms with Crippen LogP contribution in [0.1, 0.15) is 55.8 Å². The standard InChI is InChI=1S/C36H58BN10O11.Lu/c1-26(48)22-43-13-15-44(16-18-46(25-34(53)54)20-19-45(17-14-43)24-33(51)52)23-32(50)38-11-5-3-4-8-31(49)42-41-30-10-9-28(21-39-30)35(55)40-27(2)36(56)47-12-6-7-29(47)37(57)58;/h9-10,21,27,29,57-58H,1,3-8,11-20,22-25H2,2H3,(H,38,50)(H,39,41)(H,40,55)(H,42,49)(H,51,52)(H,53,54);/q-1;/t27-,29+;/m1./s1. The number of amides is 4. The predicted octanol–water partition coefficient (Wildman–Crippen LogP) is -2.88. The Morgan fingerprint density at radius 1 is 0.797 bits per heavy atom. The summed E-state index contributed by atoms with van der Waals surface area (Å²) >= 11 is 0. The fourth-order valence-electron chi connectivity index (χ4n) is 6.68. The van der Waals surface area contributed by atoms with Crippen molar-refractivity contribution in [2.45, 2.75) is 57.4 Å². The zero-order valence-corrected chi connectivity index (χ0v) is 35.1. The van der Waals surface area contributed by atoms with Crippen LogP contribution in [0, 0.1) is 43.8 Å². The maximum Gasteiger partial charge on any atom is 0.475 e. The van der Waals surface area contributed by atoms with E-state index in [-0.39, 0.29) is 98.5 Å². The van der Waals surface area contributed by atoms with Gasteiger partial charge in [0.2, 0.25) is 17.7 Å². The molecule has 1 aromatic rings. The number of carbonyl (C=O) groups is 7. The number of aromatic nitrogens is 1. The summed E-state index contributed by atoms with van der Waals surface area (Å²) in [5.74, 6) is -4.18. The number of Topliss-reactive ketones (excluding diaryl/α,β-unsaturated/α-hetero) is 1. The van der Waals surface area contributed by atoms with Gasteiger partial charge in [0.1, 0.15) is 11.9 Å². The van der Waals surface area contributed by atoms with Crippen molar-refractivity contribution >= 4 is 54.3 Å². The fraction of sp³-hybridized carbons (Fsp3) is 0.639. The zero-order valence-electron chi connectivity index (χ0n) is 33.4. The van der Waals surface area contributed by atoms with Crippen molar-refractivity contribution in [2.75, 3.05) is 97.1 Å². The van der Waals surface area contributed by atoms with Gasteiger partial charge in [-0.25, -0.2) is 4.98 Å². The van der Waals surface area contributed by atoms with E-state index < -0.39 is 42.9 Å². The number of hydrogen-bond acceptors (Lipinski definition) is 15. The van der Waals surface area contributed by atoms with E-state index in [1.54, 1.807) is 9.80 Å². The number of anilines is 1. The summed E-state index contributed by atoms with van der Waals surface area (Å²) in [7, 11) is -1.65. The van der Waals surface area contributed by atoms with Gasteiger partial charge < -0.3 is 47.5 Å². The molecular formula is C36H58BLuN10O11-. The third-order valence-corrected chi connectivity index (χ3v) is 9.82. The summed E-state index contributed by atoms with van der Waals surface area (Å²) in [5, 5.41) is 43.3. The van der Waals surface area contributed by atoms with E-state index in [0.717, 1.165) is 0 Å². The number of hydrazine groups is 1. The van der Waals surface area contributed by atoms with Gasteiger partial charge in [-0.05, 0) is 44.7 Å². The van der Waals surface area contributed by atoms with Crippen LogP contribution in [0.5, 0.6) is 0 Å². The topological polar surface area (TPSA) is 278 Å². The quantitative estimate of drug-likeness (QED) is 0.0282. The number of carbonyl (C=O) groups excluding carboxylic acids is 5. The average Bonchev–Trinajstić information content (AvgIpc) is 3.66. The number of unbranched alkanes of at least 4 members (excludes halogenated alkanes) is 2. The van der Waals surface area contributed by atoms with Gasteiger partial charge in [0.05, 0.1) is 31.1 Å². The molecule has 23 heteroatoms. The van der Waals surface area contributed by atoms with Crippen LogP contribution >= 0.6 is 0 Å². The molecule has 2 aliphatic rings. The summed E-state index contributed by atoms with van der Waals surface area (Å²) < 4.78 is 0. The number of aliphatic carboxylic acids is 2. The molecule has 3 heterocycles. The minimum absolute atomic E-state index is 0. The Bertz CT molecular complexity index is 1520. The van der Waals surface area contributed by atoms with E-state index >= 15 is 0 Å². The molecule has 8 N–H and O–H groups in total. The average molecular weight is 993 g/mol. The molecule has 2 fully saturated rings. The Hall–Kier alpha value is -3.63. The van der Waals surface area contributed by atoms with Gasteiger partial charge in [0, 0.05) is 127 Å². The Labute approximate surface area is 373 Å². The molecule has 3 rings (SSSR count). The van der Waals surface area contributed by atoms with Crippen molar-refractivity contribution < 1.29 is 90.7 Å². The molecule has 337 valence electrons. The second kappa shape index (κ2) is 27.3. The summed E-state index contributed by atoms with van der Waals surface area (Å²) in [6, 6.07) is 2.07. The van der Waals surface area contributed by atoms with E-state index in [4.69, 9.17) is 0 Å². The molecule has 1 aromatic heterocycles. The number of nitrogens with zero attached hydrogens (tertiary/aromatic N) is 6. The molecule has 0 unspecified atom stereocenters. The molecular weight excluding hydrogens is 934 g/mol. The Morgan fingerprint density at radius 2 is 1.36 bits per heavy atom. The predicted molar refractivity (Wildman–Crippen MR) is 211 cm³/mol. The second-order valence-electron chi connectivity index (χ2n) is 14.5. The molecule has 2 atom stereocenters. The van der Waals surface area contributed by atoms with Crippen LogP contribution in [0.2, 0.25) is 0 Å². The fourth-order valence-corrected chi connectivity index (χ4v) is 6.68. The first kappa shape index (κ1) is 51.5. The summed E-state index contributed by atoms with van der Waals surface area (Å²) in [4.78, 5) is 98.2. The molecule has 0 aromatic carbocycles. The number of rotatable bonds is 20. The van der Waals surface area contributed by atoms with Crippen molar-refractivity contribution in [1.82, 2.24) is 45.5 Å². The summed E-state index contributed by atoms with van der Waals surface area (Å²) in [6.45, 7) is 8.41. The maximum absolute atomic E-state index is 12.9. The van der Waals surface area contributed by atoms with E-state index in [1.807, 2.05) is 9.80 Å². The summed E-state index contributed by atoms with van der Waals surface area (Å²) in [5.41, 5.74) is 5.43. The Kier molecular flexibility index (Phi) is 23.8. The van der Waals surface area contributed by atoms with Crippen LogP contribution < -0.4 is 21.5 Å². The second-order valence-corrected chi connectivity index (χ2v) is 14.5. The van der Waals surface area contributed by atoms with E-state index in [2.05, 4.69) is 33.4 Å². The molecule has 0 spiro atoms. The zero-order chi connectivity index (χ0) is 42.6. The number of carboxylic acid groups (broad SMARTS) is 2. The van der Waals surface area contributed by atoms with Gasteiger partial charge >= 0.3 is 19.1 Å². The molecule has 0 aliphatic carbocycles. The Morgan fingerprint density at radius 3 is 1.86 bits per heavy atom. The van der Waals surface area contributed by atoms with Crippen LogP contribution in [0.15, 0.2) is 18.3 Å². The molecule has 1 radical (unpaired) electrons. The number of pyridine rings is 1. The molecule has 59 heavy (non-hydrogen) atoms. The van der Waals surface area contributed by atoms with Crippen LogP contribution in [-0.4, -0.2) is 202 Å². The first-order chi connectivity index (χ1) is 27.6. The molecule has 0 bridgehead atoms. The first-order valence-corrected chi connectivity index (χ1v) is 19.5. The number of likely N-dealkylation sites (tertiary alicyclic amines) is 1. The number of nitrogens with one attached hydrogen (secondary N) is 4. The minimum atomic E-state index is -1.65. The normalized spacial score (nSPS) is 17.9. The molecule has 0 saturated carbocycles. The molecule has 21 nitrogen and oxygen atoms in total. The van der Waals surface area contributed by atoms with Crippen molar-refractivity contribution in [3.8, 4) is 0 Å². The summed E-state index contributed by atoms with van der Waals surface area (Å²) in [6.07, 6.45) is 4.44. The van der Waals surface area contributed by atoms with Gasteiger partial charge in [0.25, 0.3) is 5.91 Å². The third kappa shape index (κ3) is 20.0. The van der Waals surface area contributed by atoms with E-state index in [0.29, 0.717) is 97.6 Å². The van der Waals surface area contributed by atoms with Crippen molar-refractivity contribution in [1.29, 1.82) is 0 Å². The Balaban J connectivity index is 0.0000120. The van der Waals surface area contributed by atoms with Gasteiger partial charge in [-0.3, -0.25) is 59.2 Å². The van der Waals surface area contributed by atoms with Crippen LogP contribution in [0.4, 0.5) is 5.82 Å². The van der Waals surface area contributed by atoms with Crippen molar-refractivity contribution in [2.24, 2.45) is 0 Å². The molecule has 4 amide bonds. The van der Waals surface area contributed by atoms with E-state index in [9.17, 15) is 53.8 Å². The molecule has 2 aliphatic heterocycles. The first-order valence-electron chi connectivity index (χ1n) is 19.5. The maximum atomic E-state index is 12.9. The number of carboxylic acids is 2. The van der Waals surface area contributed by atoms with Crippen molar-refractivity contribution in [3.63, 3.8) is 0 Å². The number of hydrogen-bond donors (Lipinski definition) is 8. The van der Waals surface area contributed by atoms with Crippen LogP contribution in [0.25, 0.3) is 0 Å². The van der Waals surface area contributed by atoms with Gasteiger partial charge in [-0.15, -0.1) is 0 Å². The minimum Gasteiger partial charge on any atom is -0.480 e. The van der Waals surface area contributed by atoms with Gasteiger partial charge in [-0.2, -0.15) is 0 Å². The van der Waals surface area contributed by atoms with Crippen molar-refractivity contribution in [3.05, 3.63) is 30.8 Å². The van der Waals surface area contributed by atoms with E-state index in [1.165, 1.54) is 30.2 Å². The SMILES string of the molecule is [CH2-]C(=O)CN1CCN(CC(=O)O)CCN(CC(=O)O)CCN(CC(=O)NCCCCCC(=O)NNc2ccc(C(=O)N[C@H](C)C(=O)N3CCC[C@H]3B(O)O)cn2)CC1.[Lu]. The monoisotopic (exact) mass is 992 g/mol. The van der Waals surface area contributed by atoms with Gasteiger partial charge in [0.15, 0.2) is 0 Å². The largest absolute Gasteiger partial charge is 0.480 e. The van der Waals surface area contributed by atoms with Gasteiger partial charge in [-0.1, -0.05) is 6.42 Å². The molecule has 2 saturated heterocycles. The smallest absolute Gasteiger partial charge is 0.475 e. The van der Waals surface area contributed by atoms with Crippen LogP contribution in [-0.2, 0) is 28.8 Å². The third-order valence-electron chi connectivity index (χ3n) is 9.82. The number of ketones is 1. The van der Waals surface area contributed by atoms with Crippen LogP contribution in [0.3, 0.4) is 0 Å².